The first kappa shape index (κ1) is 22.5. The maximum Gasteiger partial charge on any atom is 0.363 e. The fourth-order valence-electron chi connectivity index (χ4n) is 2.90. The van der Waals surface area contributed by atoms with Gasteiger partial charge in [-0.2, -0.15) is 0 Å². The van der Waals surface area contributed by atoms with Crippen molar-refractivity contribution in [3.05, 3.63) is 101 Å². The molecule has 0 fully saturated rings. The highest BCUT2D eigenvalue weighted by atomic mass is 127. The first-order chi connectivity index (χ1) is 14.9. The molecule has 4 rings (SSSR count). The molecule has 0 saturated carbocycles. The van der Waals surface area contributed by atoms with Crippen molar-refractivity contribution in [3.63, 3.8) is 0 Å². The Morgan fingerprint density at radius 3 is 2.52 bits per heavy atom. The van der Waals surface area contributed by atoms with E-state index in [-0.39, 0.29) is 11.6 Å². The predicted molar refractivity (Wildman–Crippen MR) is 137 cm³/mol. The van der Waals surface area contributed by atoms with E-state index in [4.69, 9.17) is 21.1 Å². The topological polar surface area (TPSA) is 47.9 Å². The molecule has 0 unspecified atom stereocenters. The zero-order chi connectivity index (χ0) is 22.0. The van der Waals surface area contributed by atoms with E-state index in [0.29, 0.717) is 22.9 Å². The minimum absolute atomic E-state index is 0.192. The van der Waals surface area contributed by atoms with Crippen molar-refractivity contribution in [3.8, 4) is 5.75 Å². The monoisotopic (exact) mass is 671 g/mol. The standard InChI is InChI=1S/C23H13Br2ClINO3/c24-17-9-14(10-18(25)21(17)30-12-13-4-3-5-15(27)8-13)11-20-23(29)31-22(28-20)16-6-1-2-7-19(16)26/h1-11H,12H2/b20-11-. The van der Waals surface area contributed by atoms with Gasteiger partial charge in [0.2, 0.25) is 5.90 Å². The van der Waals surface area contributed by atoms with Gasteiger partial charge in [-0.3, -0.25) is 0 Å². The van der Waals surface area contributed by atoms with Gasteiger partial charge in [-0.15, -0.1) is 0 Å². The molecule has 0 atom stereocenters. The molecule has 31 heavy (non-hydrogen) atoms. The van der Waals surface area contributed by atoms with Crippen LogP contribution in [-0.4, -0.2) is 11.9 Å². The summed E-state index contributed by atoms with van der Waals surface area (Å²) < 4.78 is 13.9. The van der Waals surface area contributed by atoms with E-state index in [1.807, 2.05) is 36.4 Å². The maximum atomic E-state index is 12.3. The van der Waals surface area contributed by atoms with Gasteiger partial charge in [0.05, 0.1) is 19.5 Å². The van der Waals surface area contributed by atoms with E-state index in [2.05, 4.69) is 65.5 Å². The quantitative estimate of drug-likeness (QED) is 0.161. The Balaban J connectivity index is 1.57. The second kappa shape index (κ2) is 9.85. The van der Waals surface area contributed by atoms with E-state index < -0.39 is 5.97 Å². The predicted octanol–water partition coefficient (Wildman–Crippen LogP) is 7.39. The first-order valence-corrected chi connectivity index (χ1v) is 12.1. The van der Waals surface area contributed by atoms with Crippen LogP contribution in [0.3, 0.4) is 0 Å². The molecular weight excluding hydrogens is 660 g/mol. The van der Waals surface area contributed by atoms with E-state index >= 15 is 0 Å². The van der Waals surface area contributed by atoms with Crippen LogP contribution in [0.2, 0.25) is 5.02 Å². The molecule has 3 aromatic carbocycles. The molecule has 4 nitrogen and oxygen atoms in total. The van der Waals surface area contributed by atoms with E-state index in [1.54, 1.807) is 24.3 Å². The van der Waals surface area contributed by atoms with Crippen LogP contribution in [0.15, 0.2) is 80.3 Å². The average molecular weight is 674 g/mol. The minimum Gasteiger partial charge on any atom is -0.487 e. The number of nitrogens with zero attached hydrogens (tertiary/aromatic N) is 1. The first-order valence-electron chi connectivity index (χ1n) is 9.04. The van der Waals surface area contributed by atoms with Crippen LogP contribution in [0.25, 0.3) is 6.08 Å². The van der Waals surface area contributed by atoms with Gasteiger partial charge in [-0.1, -0.05) is 35.9 Å². The lowest BCUT2D eigenvalue weighted by molar-refractivity contribution is -0.129. The van der Waals surface area contributed by atoms with Gasteiger partial charge < -0.3 is 9.47 Å². The molecule has 1 heterocycles. The number of aliphatic imine (C=N–C) groups is 1. The van der Waals surface area contributed by atoms with Crippen LogP contribution >= 0.6 is 66.1 Å². The van der Waals surface area contributed by atoms with Gasteiger partial charge in [0.25, 0.3) is 0 Å². The molecule has 0 spiro atoms. The summed E-state index contributed by atoms with van der Waals surface area (Å²) in [6.07, 6.45) is 1.66. The van der Waals surface area contributed by atoms with Crippen LogP contribution < -0.4 is 4.74 Å². The molecule has 0 radical (unpaired) electrons. The Morgan fingerprint density at radius 1 is 1.06 bits per heavy atom. The minimum atomic E-state index is -0.527. The molecule has 0 aliphatic carbocycles. The number of carbonyl (C=O) groups excluding carboxylic acids is 1. The third kappa shape index (κ3) is 5.39. The number of hydrogen-bond donors (Lipinski definition) is 0. The number of cyclic esters (lactones) is 1. The Kier molecular flexibility index (Phi) is 7.15. The Labute approximate surface area is 214 Å². The number of rotatable bonds is 5. The second-order valence-corrected chi connectivity index (χ2v) is 9.91. The third-order valence-corrected chi connectivity index (χ3v) is 6.50. The fourth-order valence-corrected chi connectivity index (χ4v) is 5.17. The Morgan fingerprint density at radius 2 is 1.81 bits per heavy atom. The summed E-state index contributed by atoms with van der Waals surface area (Å²) in [5, 5.41) is 0.468. The molecule has 1 aliphatic rings. The number of benzene rings is 3. The molecule has 0 N–H and O–H groups in total. The molecule has 0 saturated heterocycles. The van der Waals surface area contributed by atoms with Crippen molar-refractivity contribution in [2.45, 2.75) is 6.61 Å². The van der Waals surface area contributed by atoms with E-state index in [9.17, 15) is 4.79 Å². The van der Waals surface area contributed by atoms with Gasteiger partial charge in [-0.05, 0) is 108 Å². The van der Waals surface area contributed by atoms with E-state index in [0.717, 1.165) is 23.6 Å². The molecule has 0 aromatic heterocycles. The van der Waals surface area contributed by atoms with Crippen molar-refractivity contribution in [1.82, 2.24) is 0 Å². The van der Waals surface area contributed by atoms with Crippen molar-refractivity contribution in [1.29, 1.82) is 0 Å². The maximum absolute atomic E-state index is 12.3. The highest BCUT2D eigenvalue weighted by Crippen LogP contribution is 2.36. The van der Waals surface area contributed by atoms with Gasteiger partial charge in [-0.25, -0.2) is 9.79 Å². The van der Waals surface area contributed by atoms with Crippen LogP contribution in [0.1, 0.15) is 16.7 Å². The fraction of sp³-hybridized carbons (Fsp3) is 0.0435. The van der Waals surface area contributed by atoms with Crippen molar-refractivity contribution < 1.29 is 14.3 Å². The summed E-state index contributed by atoms with van der Waals surface area (Å²) in [4.78, 5) is 16.6. The highest BCUT2D eigenvalue weighted by molar-refractivity contribution is 14.1. The Hall–Kier alpha value is -1.68. The van der Waals surface area contributed by atoms with Gasteiger partial charge in [0.15, 0.2) is 5.70 Å². The summed E-state index contributed by atoms with van der Waals surface area (Å²) >= 11 is 15.6. The average Bonchev–Trinajstić information content (AvgIpc) is 3.08. The van der Waals surface area contributed by atoms with Crippen LogP contribution in [0.5, 0.6) is 5.75 Å². The van der Waals surface area contributed by atoms with Gasteiger partial charge in [0, 0.05) is 3.57 Å². The SMILES string of the molecule is O=C1OC(c2ccccc2Cl)=N/C1=C\c1cc(Br)c(OCc2cccc(I)c2)c(Br)c1. The zero-order valence-electron chi connectivity index (χ0n) is 15.7. The lowest BCUT2D eigenvalue weighted by Crippen LogP contribution is -2.05. The molecule has 8 heteroatoms. The summed E-state index contributed by atoms with van der Waals surface area (Å²) in [5.41, 5.74) is 2.60. The van der Waals surface area contributed by atoms with E-state index in [1.165, 1.54) is 0 Å². The molecule has 0 bridgehead atoms. The summed E-state index contributed by atoms with van der Waals surface area (Å²) in [7, 11) is 0. The van der Waals surface area contributed by atoms with Crippen LogP contribution in [-0.2, 0) is 16.1 Å². The molecule has 156 valence electrons. The summed E-state index contributed by atoms with van der Waals surface area (Å²) in [6.45, 7) is 0.437. The number of esters is 1. The number of carbonyl (C=O) groups is 1. The number of hydrogen-bond acceptors (Lipinski definition) is 4. The van der Waals surface area contributed by atoms with Gasteiger partial charge in [0.1, 0.15) is 12.4 Å². The zero-order valence-corrected chi connectivity index (χ0v) is 21.8. The largest absolute Gasteiger partial charge is 0.487 e. The molecule has 1 aliphatic heterocycles. The van der Waals surface area contributed by atoms with Crippen LogP contribution in [0.4, 0.5) is 0 Å². The third-order valence-electron chi connectivity index (χ3n) is 4.32. The molecular formula is C23H13Br2ClINO3. The molecule has 3 aromatic rings. The smallest absolute Gasteiger partial charge is 0.363 e. The van der Waals surface area contributed by atoms with Crippen LogP contribution in [0, 0.1) is 3.57 Å². The van der Waals surface area contributed by atoms with Gasteiger partial charge >= 0.3 is 5.97 Å². The summed E-state index contributed by atoms with van der Waals surface area (Å²) in [5.74, 6) is 0.342. The molecule has 0 amide bonds. The highest BCUT2D eigenvalue weighted by Gasteiger charge is 2.25. The summed E-state index contributed by atoms with van der Waals surface area (Å²) in [6, 6.07) is 18.9. The number of ether oxygens (including phenoxy) is 2. The Bertz CT molecular complexity index is 1220. The normalized spacial score (nSPS) is 14.5. The number of halogens is 4. The van der Waals surface area contributed by atoms with Crippen molar-refractivity contribution in [2.75, 3.05) is 0 Å². The second-order valence-electron chi connectivity index (χ2n) is 6.55. The lowest BCUT2D eigenvalue weighted by atomic mass is 10.2. The lowest BCUT2D eigenvalue weighted by Gasteiger charge is -2.12. The van der Waals surface area contributed by atoms with Crippen molar-refractivity contribution >= 4 is 84.0 Å². The van der Waals surface area contributed by atoms with Crippen molar-refractivity contribution in [2.24, 2.45) is 4.99 Å².